The number of nitrogens with one attached hydrogen (secondary N) is 2. The molecule has 0 saturated carbocycles. The molecule has 0 radical (unpaired) electrons. The first-order chi connectivity index (χ1) is 19.1. The van der Waals surface area contributed by atoms with Gasteiger partial charge in [0.05, 0.1) is 38.0 Å². The fourth-order valence-corrected chi connectivity index (χ4v) is 5.82. The molecule has 4 aromatic rings. The van der Waals surface area contributed by atoms with Crippen LogP contribution >= 0.6 is 23.2 Å². The van der Waals surface area contributed by atoms with Crippen LogP contribution in [0.2, 0.25) is 10.6 Å². The van der Waals surface area contributed by atoms with Crippen molar-refractivity contribution in [2.75, 3.05) is 16.4 Å². The Morgan fingerprint density at radius 1 is 0.698 bits per heavy atom. The van der Waals surface area contributed by atoms with Crippen LogP contribution in [0.25, 0.3) is 0 Å². The summed E-state index contributed by atoms with van der Waals surface area (Å²) in [6.45, 7) is 0. The van der Waals surface area contributed by atoms with E-state index in [4.69, 9.17) is 28.9 Å². The molecule has 1 aromatic heterocycles. The number of nitrogens with zero attached hydrogens (tertiary/aromatic N) is 3. The van der Waals surface area contributed by atoms with Crippen molar-refractivity contribution in [3.05, 3.63) is 81.4 Å². The van der Waals surface area contributed by atoms with Crippen molar-refractivity contribution < 1.29 is 94.6 Å². The van der Waals surface area contributed by atoms with Crippen molar-refractivity contribution in [1.82, 2.24) is 15.0 Å². The summed E-state index contributed by atoms with van der Waals surface area (Å²) in [5.41, 5.74) is 3.43. The van der Waals surface area contributed by atoms with E-state index >= 15 is 0 Å². The van der Waals surface area contributed by atoms with Crippen molar-refractivity contribution in [2.45, 2.75) is 9.79 Å². The van der Waals surface area contributed by atoms with Gasteiger partial charge in [0.15, 0.2) is 11.6 Å². The zero-order valence-corrected chi connectivity index (χ0v) is 29.0. The van der Waals surface area contributed by atoms with Crippen molar-refractivity contribution >= 4 is 83.7 Å². The van der Waals surface area contributed by atoms with Gasteiger partial charge in [-0.2, -0.15) is 15.0 Å². The number of aromatic nitrogens is 3. The van der Waals surface area contributed by atoms with E-state index in [2.05, 4.69) is 25.6 Å². The molecule has 5 rings (SSSR count). The molecule has 1 heterocycles. The maximum Gasteiger partial charge on any atom is 1.00 e. The molecule has 0 fully saturated rings. The van der Waals surface area contributed by atoms with Crippen LogP contribution in [-0.2, 0) is 20.2 Å². The number of carbonyl (C=O) groups is 2. The molecule has 0 unspecified atom stereocenters. The predicted octanol–water partition coefficient (Wildman–Crippen LogP) is -3.16. The first kappa shape index (κ1) is 35.3. The fourth-order valence-electron chi connectivity index (χ4n) is 4.17. The maximum atomic E-state index is 13.4. The second-order valence-electron chi connectivity index (χ2n) is 8.36. The molecule has 20 heteroatoms. The summed E-state index contributed by atoms with van der Waals surface area (Å²) in [6.07, 6.45) is 0. The van der Waals surface area contributed by atoms with E-state index < -0.39 is 52.8 Å². The molecule has 14 nitrogen and oxygen atoms in total. The number of rotatable bonds is 6. The summed E-state index contributed by atoms with van der Waals surface area (Å²) in [5.74, 6) is -1.82. The van der Waals surface area contributed by atoms with Gasteiger partial charge in [-0.15, -0.1) is 0 Å². The van der Waals surface area contributed by atoms with Crippen molar-refractivity contribution in [3.8, 4) is 0 Å². The molecule has 0 amide bonds. The molecular weight excluding hydrogens is 669 g/mol. The number of nitrogen functional groups attached to an aromatic ring is 1. The SMILES string of the molecule is Nc1c(S(=O)(=O)[O-])cc(Nc2ccc(Nc3nc(Cl)nc(Cl)n3)c(S(=O)(=O)[O-])c2)c2c1C(=O)c1ccccc1C2=O.[Na+].[Na+]. The standard InChI is InChI=1S/C23H14Cl2N6O8S2.2Na/c24-21-29-22(25)31-23(30-21)28-12-6-5-9(7-14(12)40(34,35)36)27-13-8-15(41(37,38)39)18(26)17-16(13)19(32)10-3-1-2-4-11(10)20(17)33;;/h1-8,27H,26H2,(H,34,35,36)(H,37,38,39)(H,28,29,30,31);;/q;2*+1/p-2. The molecule has 0 spiro atoms. The number of fused-ring (bicyclic) bond motifs is 2. The van der Waals surface area contributed by atoms with Crippen LogP contribution in [0.5, 0.6) is 0 Å². The largest absolute Gasteiger partial charge is 1.00 e. The normalized spacial score (nSPS) is 12.4. The second kappa shape index (κ2) is 13.0. The van der Waals surface area contributed by atoms with Gasteiger partial charge >= 0.3 is 59.1 Å². The van der Waals surface area contributed by atoms with Crippen LogP contribution < -0.4 is 75.5 Å². The number of nitrogens with two attached hydrogens (primary N) is 1. The van der Waals surface area contributed by atoms with Gasteiger partial charge in [0, 0.05) is 16.8 Å². The maximum absolute atomic E-state index is 13.4. The van der Waals surface area contributed by atoms with Crippen LogP contribution in [0.4, 0.5) is 28.7 Å². The molecule has 0 bridgehead atoms. The molecular formula is C23H12Cl2N6Na2O8S2. The average molecular weight is 681 g/mol. The molecule has 0 saturated heterocycles. The van der Waals surface area contributed by atoms with E-state index in [0.717, 1.165) is 18.2 Å². The summed E-state index contributed by atoms with van der Waals surface area (Å²) < 4.78 is 72.4. The van der Waals surface area contributed by atoms with E-state index in [0.29, 0.717) is 0 Å². The zero-order valence-electron chi connectivity index (χ0n) is 21.9. The van der Waals surface area contributed by atoms with Crippen molar-refractivity contribution in [1.29, 1.82) is 0 Å². The smallest absolute Gasteiger partial charge is 0.744 e. The third-order valence-electron chi connectivity index (χ3n) is 5.83. The molecule has 1 aliphatic carbocycles. The summed E-state index contributed by atoms with van der Waals surface area (Å²) in [5, 5.41) is 4.47. The number of halogens is 2. The topological polar surface area (TPSA) is 237 Å². The van der Waals surface area contributed by atoms with Crippen molar-refractivity contribution in [3.63, 3.8) is 0 Å². The Kier molecular flexibility index (Phi) is 10.7. The van der Waals surface area contributed by atoms with Gasteiger partial charge in [0.25, 0.3) is 0 Å². The Labute approximate surface area is 297 Å². The number of carbonyl (C=O) groups excluding carboxylic acids is 2. The average Bonchev–Trinajstić information content (AvgIpc) is 2.87. The summed E-state index contributed by atoms with van der Waals surface area (Å²) in [4.78, 5) is 35.9. The van der Waals surface area contributed by atoms with Crippen LogP contribution in [0.1, 0.15) is 31.8 Å². The monoisotopic (exact) mass is 680 g/mol. The van der Waals surface area contributed by atoms with Gasteiger partial charge < -0.3 is 25.5 Å². The summed E-state index contributed by atoms with van der Waals surface area (Å²) in [7, 11) is -10.4. The van der Waals surface area contributed by atoms with E-state index in [9.17, 15) is 35.5 Å². The molecule has 1 aliphatic rings. The predicted molar refractivity (Wildman–Crippen MR) is 143 cm³/mol. The summed E-state index contributed by atoms with van der Waals surface area (Å²) >= 11 is 11.5. The molecule has 210 valence electrons. The van der Waals surface area contributed by atoms with Gasteiger partial charge in [-0.1, -0.05) is 24.3 Å². The van der Waals surface area contributed by atoms with Crippen LogP contribution in [0.3, 0.4) is 0 Å². The van der Waals surface area contributed by atoms with E-state index in [1.165, 1.54) is 30.3 Å². The minimum Gasteiger partial charge on any atom is -0.744 e. The minimum atomic E-state index is -5.25. The molecule has 0 atom stereocenters. The molecule has 0 aliphatic heterocycles. The Morgan fingerprint density at radius 2 is 1.23 bits per heavy atom. The Hall–Kier alpha value is -2.19. The third kappa shape index (κ3) is 7.06. The minimum absolute atomic E-state index is 0. The first-order valence-electron chi connectivity index (χ1n) is 11.0. The van der Waals surface area contributed by atoms with Crippen LogP contribution in [0, 0.1) is 0 Å². The number of hydrogen-bond acceptors (Lipinski definition) is 14. The zero-order chi connectivity index (χ0) is 29.9. The van der Waals surface area contributed by atoms with Crippen LogP contribution in [0.15, 0.2) is 58.3 Å². The van der Waals surface area contributed by atoms with Gasteiger partial charge in [-0.05, 0) is 47.5 Å². The van der Waals surface area contributed by atoms with E-state index in [1.54, 1.807) is 0 Å². The van der Waals surface area contributed by atoms with E-state index in [-0.39, 0.29) is 109 Å². The van der Waals surface area contributed by atoms with Gasteiger partial charge in [0.2, 0.25) is 16.5 Å². The number of anilines is 5. The first-order valence-corrected chi connectivity index (χ1v) is 14.5. The summed E-state index contributed by atoms with van der Waals surface area (Å²) in [6, 6.07) is 9.67. The molecule has 4 N–H and O–H groups in total. The van der Waals surface area contributed by atoms with Gasteiger partial charge in [-0.3, -0.25) is 9.59 Å². The van der Waals surface area contributed by atoms with E-state index in [1.807, 2.05) is 0 Å². The van der Waals surface area contributed by atoms with Crippen LogP contribution in [-0.4, -0.2) is 52.5 Å². The third-order valence-corrected chi connectivity index (χ3v) is 7.92. The fraction of sp³-hybridized carbons (Fsp3) is 0. The molecule has 43 heavy (non-hydrogen) atoms. The Balaban J connectivity index is 0.00000253. The number of benzene rings is 3. The number of ketones is 2. The Bertz CT molecular complexity index is 2030. The van der Waals surface area contributed by atoms with Gasteiger partial charge in [-0.25, -0.2) is 16.8 Å². The molecule has 3 aromatic carbocycles. The Morgan fingerprint density at radius 3 is 1.77 bits per heavy atom. The van der Waals surface area contributed by atoms with Gasteiger partial charge in [0.1, 0.15) is 20.2 Å². The quantitative estimate of drug-likeness (QED) is 0.0912. The second-order valence-corrected chi connectivity index (χ2v) is 11.7. The number of hydrogen-bond donors (Lipinski definition) is 3. The van der Waals surface area contributed by atoms with Crippen molar-refractivity contribution in [2.24, 2.45) is 0 Å².